The van der Waals surface area contributed by atoms with Gasteiger partial charge in [-0.2, -0.15) is 0 Å². The van der Waals surface area contributed by atoms with E-state index in [-0.39, 0.29) is 5.91 Å². The summed E-state index contributed by atoms with van der Waals surface area (Å²) in [5, 5.41) is 2.90. The maximum atomic E-state index is 11.3. The molecule has 1 aromatic rings. The number of hydrogen-bond donors (Lipinski definition) is 1. The molecule has 0 aromatic heterocycles. The Kier molecular flexibility index (Phi) is 3.45. The van der Waals surface area contributed by atoms with Crippen molar-refractivity contribution in [2.45, 2.75) is 19.3 Å². The van der Waals surface area contributed by atoms with Crippen molar-refractivity contribution >= 4 is 34.2 Å². The first-order chi connectivity index (χ1) is 7.29. The molecule has 1 amide bonds. The number of halogens is 1. The summed E-state index contributed by atoms with van der Waals surface area (Å²) in [5.41, 5.74) is 2.10. The third-order valence-electron chi connectivity index (χ3n) is 2.42. The largest absolute Gasteiger partial charge is 0.483 e. The van der Waals surface area contributed by atoms with E-state index in [9.17, 15) is 4.79 Å². The van der Waals surface area contributed by atoms with Crippen LogP contribution in [0.5, 0.6) is 5.75 Å². The number of fused-ring (bicyclic) bond motifs is 1. The van der Waals surface area contributed by atoms with Crippen molar-refractivity contribution in [2.75, 3.05) is 9.93 Å². The summed E-state index contributed by atoms with van der Waals surface area (Å²) >= 11 is 2.17. The topological polar surface area (TPSA) is 38.3 Å². The van der Waals surface area contributed by atoms with Gasteiger partial charge in [0.25, 0.3) is 0 Å². The number of carbonyl (C=O) groups is 1. The van der Waals surface area contributed by atoms with Crippen molar-refractivity contribution in [1.82, 2.24) is 0 Å². The molecular weight excluding hydrogens is 305 g/mol. The lowest BCUT2D eigenvalue weighted by Crippen LogP contribution is -2.09. The minimum Gasteiger partial charge on any atom is -0.483 e. The van der Waals surface area contributed by atoms with Crippen LogP contribution >= 0.6 is 22.6 Å². The Hall–Kier alpha value is -0.780. The van der Waals surface area contributed by atoms with E-state index in [1.54, 1.807) is 0 Å². The molecule has 0 spiro atoms. The number of ether oxygens (including phenoxy) is 1. The summed E-state index contributed by atoms with van der Waals surface area (Å²) in [6, 6.07) is 5.82. The second-order valence-electron chi connectivity index (χ2n) is 3.47. The molecule has 1 N–H and O–H groups in total. The third-order valence-corrected chi connectivity index (χ3v) is 2.73. The lowest BCUT2D eigenvalue weighted by atomic mass is 10.1. The predicted octanol–water partition coefficient (Wildman–Crippen LogP) is 2.73. The van der Waals surface area contributed by atoms with E-state index < -0.39 is 0 Å². The van der Waals surface area contributed by atoms with Crippen LogP contribution in [-0.2, 0) is 11.2 Å². The molecular formula is C11H12INO2. The number of amides is 1. The van der Waals surface area contributed by atoms with Gasteiger partial charge in [-0.3, -0.25) is 4.79 Å². The molecule has 1 heterocycles. The highest BCUT2D eigenvalue weighted by Crippen LogP contribution is 2.26. The van der Waals surface area contributed by atoms with E-state index in [1.165, 1.54) is 5.56 Å². The van der Waals surface area contributed by atoms with Gasteiger partial charge in [-0.25, -0.2) is 0 Å². The quantitative estimate of drug-likeness (QED) is 0.673. The average molecular weight is 317 g/mol. The van der Waals surface area contributed by atoms with Crippen LogP contribution in [0.1, 0.15) is 18.4 Å². The van der Waals surface area contributed by atoms with Gasteiger partial charge in [-0.05, 0) is 59.2 Å². The van der Waals surface area contributed by atoms with Crippen molar-refractivity contribution in [1.29, 1.82) is 0 Å². The summed E-state index contributed by atoms with van der Waals surface area (Å²) < 4.78 is 6.06. The number of hydrogen-bond acceptors (Lipinski definition) is 2. The number of benzene rings is 1. The molecule has 0 unspecified atom stereocenters. The van der Waals surface area contributed by atoms with Crippen molar-refractivity contribution in [3.63, 3.8) is 0 Å². The molecule has 80 valence electrons. The van der Waals surface area contributed by atoms with Crippen LogP contribution in [0.15, 0.2) is 18.2 Å². The van der Waals surface area contributed by atoms with Gasteiger partial charge < -0.3 is 10.1 Å². The van der Waals surface area contributed by atoms with Gasteiger partial charge in [0.15, 0.2) is 0 Å². The van der Waals surface area contributed by atoms with Gasteiger partial charge in [-0.15, -0.1) is 0 Å². The Balaban J connectivity index is 2.27. The molecule has 0 bridgehead atoms. The maximum Gasteiger partial charge on any atom is 0.224 e. The van der Waals surface area contributed by atoms with E-state index in [1.807, 2.05) is 18.2 Å². The minimum atomic E-state index is 0.108. The van der Waals surface area contributed by atoms with E-state index in [0.29, 0.717) is 11.0 Å². The summed E-state index contributed by atoms with van der Waals surface area (Å²) in [5.74, 6) is 0.982. The van der Waals surface area contributed by atoms with Gasteiger partial charge in [-0.1, -0.05) is 0 Å². The van der Waals surface area contributed by atoms with Crippen molar-refractivity contribution in [2.24, 2.45) is 0 Å². The van der Waals surface area contributed by atoms with Crippen LogP contribution in [-0.4, -0.2) is 10.5 Å². The number of rotatable bonds is 2. The van der Waals surface area contributed by atoms with E-state index in [0.717, 1.165) is 24.3 Å². The van der Waals surface area contributed by atoms with Gasteiger partial charge in [0.05, 0.1) is 0 Å². The first kappa shape index (κ1) is 10.7. The van der Waals surface area contributed by atoms with Crippen LogP contribution < -0.4 is 10.1 Å². The van der Waals surface area contributed by atoms with E-state index >= 15 is 0 Å². The van der Waals surface area contributed by atoms with E-state index in [4.69, 9.17) is 4.74 Å². The second-order valence-corrected chi connectivity index (χ2v) is 4.10. The van der Waals surface area contributed by atoms with Crippen LogP contribution in [0.3, 0.4) is 0 Å². The molecule has 1 aliphatic heterocycles. The number of carbonyl (C=O) groups excluding carboxylic acids is 1. The highest BCUT2D eigenvalue weighted by Gasteiger charge is 2.12. The number of alkyl halides is 1. The molecule has 3 nitrogen and oxygen atoms in total. The molecule has 0 saturated carbocycles. The monoisotopic (exact) mass is 317 g/mol. The fourth-order valence-corrected chi connectivity index (χ4v) is 2.06. The van der Waals surface area contributed by atoms with Crippen molar-refractivity contribution < 1.29 is 9.53 Å². The summed E-state index contributed by atoms with van der Waals surface area (Å²) in [6.45, 7) is 0. The Morgan fingerprint density at radius 3 is 3.07 bits per heavy atom. The number of nitrogens with one attached hydrogen (secondary N) is 1. The molecule has 0 fully saturated rings. The fraction of sp³-hybridized carbons (Fsp3) is 0.364. The first-order valence-electron chi connectivity index (χ1n) is 4.91. The smallest absolute Gasteiger partial charge is 0.224 e. The van der Waals surface area contributed by atoms with Crippen LogP contribution in [0, 0.1) is 0 Å². The Labute approximate surface area is 102 Å². The second kappa shape index (κ2) is 4.83. The fourth-order valence-electron chi connectivity index (χ4n) is 1.70. The molecule has 0 radical (unpaired) electrons. The highest BCUT2D eigenvalue weighted by atomic mass is 127. The average Bonchev–Trinajstić information content (AvgIpc) is 2.39. The summed E-state index contributed by atoms with van der Waals surface area (Å²) in [7, 11) is 0. The third kappa shape index (κ3) is 2.62. The van der Waals surface area contributed by atoms with Gasteiger partial charge in [0, 0.05) is 12.1 Å². The molecule has 2 rings (SSSR count). The zero-order valence-electron chi connectivity index (χ0n) is 8.25. The molecule has 4 heteroatoms. The number of anilines is 1. The lowest BCUT2D eigenvalue weighted by Gasteiger charge is -2.09. The maximum absolute atomic E-state index is 11.3. The summed E-state index contributed by atoms with van der Waals surface area (Å²) in [6.07, 6.45) is 2.45. The van der Waals surface area contributed by atoms with Crippen LogP contribution in [0.25, 0.3) is 0 Å². The van der Waals surface area contributed by atoms with Crippen molar-refractivity contribution in [3.8, 4) is 5.75 Å². The zero-order chi connectivity index (χ0) is 10.7. The zero-order valence-corrected chi connectivity index (χ0v) is 10.4. The standard InChI is InChI=1S/C11H12INO2/c12-7-15-9-4-5-10-8(6-9)2-1-3-11(14)13-10/h4-6H,1-3,7H2,(H,13,14). The Morgan fingerprint density at radius 1 is 1.40 bits per heavy atom. The van der Waals surface area contributed by atoms with Crippen LogP contribution in [0.2, 0.25) is 0 Å². The molecule has 0 aliphatic carbocycles. The van der Waals surface area contributed by atoms with Crippen LogP contribution in [0.4, 0.5) is 5.69 Å². The predicted molar refractivity (Wildman–Crippen MR) is 67.5 cm³/mol. The first-order valence-corrected chi connectivity index (χ1v) is 6.43. The van der Waals surface area contributed by atoms with Crippen molar-refractivity contribution in [3.05, 3.63) is 23.8 Å². The van der Waals surface area contributed by atoms with Gasteiger partial charge >= 0.3 is 0 Å². The van der Waals surface area contributed by atoms with E-state index in [2.05, 4.69) is 27.9 Å². The number of aryl methyl sites for hydroxylation is 1. The SMILES string of the molecule is O=C1CCCc2cc(OCI)ccc2N1. The molecule has 1 aromatic carbocycles. The minimum absolute atomic E-state index is 0.108. The molecule has 0 saturated heterocycles. The lowest BCUT2D eigenvalue weighted by molar-refractivity contribution is -0.116. The molecule has 1 aliphatic rings. The molecule has 15 heavy (non-hydrogen) atoms. The summed E-state index contributed by atoms with van der Waals surface area (Å²) in [4.78, 5) is 11.3. The van der Waals surface area contributed by atoms with Gasteiger partial charge in [0.2, 0.25) is 5.91 Å². The van der Waals surface area contributed by atoms with Gasteiger partial charge in [0.1, 0.15) is 10.4 Å². The normalized spacial score (nSPS) is 15.1. The Morgan fingerprint density at radius 2 is 2.27 bits per heavy atom. The molecule has 0 atom stereocenters. The highest BCUT2D eigenvalue weighted by molar-refractivity contribution is 14.1. The Bertz CT molecular complexity index is 379.